The first-order chi connectivity index (χ1) is 12.2. The van der Waals surface area contributed by atoms with Crippen LogP contribution in [0.1, 0.15) is 15.9 Å². The molecule has 25 heavy (non-hydrogen) atoms. The zero-order chi connectivity index (χ0) is 17.4. The van der Waals surface area contributed by atoms with Crippen LogP contribution in [0.25, 0.3) is 21.8 Å². The van der Waals surface area contributed by atoms with Crippen LogP contribution in [0.15, 0.2) is 66.7 Å². The van der Waals surface area contributed by atoms with Gasteiger partial charge in [-0.2, -0.15) is 0 Å². The van der Waals surface area contributed by atoms with Gasteiger partial charge in [0.15, 0.2) is 0 Å². The van der Waals surface area contributed by atoms with Crippen LogP contribution in [0.2, 0.25) is 0 Å². The van der Waals surface area contributed by atoms with Gasteiger partial charge >= 0.3 is 5.97 Å². The first-order valence-electron chi connectivity index (χ1n) is 8.04. The summed E-state index contributed by atoms with van der Waals surface area (Å²) in [6.07, 6.45) is 0. The molecule has 0 aliphatic rings. The number of carboxylic acid groups (broad SMARTS) is 1. The highest BCUT2D eigenvalue weighted by molar-refractivity contribution is 6.09. The summed E-state index contributed by atoms with van der Waals surface area (Å²) in [7, 11) is 1.65. The number of carbonyl (C=O) groups is 1. The van der Waals surface area contributed by atoms with Crippen LogP contribution in [0.4, 0.5) is 0 Å². The number of aromatic carboxylic acids is 1. The van der Waals surface area contributed by atoms with E-state index in [2.05, 4.69) is 16.7 Å². The molecular weight excluding hydrogens is 314 g/mol. The molecule has 1 aromatic heterocycles. The summed E-state index contributed by atoms with van der Waals surface area (Å²) in [5.74, 6) is -0.107. The second-order valence-corrected chi connectivity index (χ2v) is 5.99. The summed E-state index contributed by atoms with van der Waals surface area (Å²) < 4.78 is 7.47. The monoisotopic (exact) mass is 331 g/mol. The van der Waals surface area contributed by atoms with Gasteiger partial charge in [-0.3, -0.25) is 0 Å². The summed E-state index contributed by atoms with van der Waals surface area (Å²) in [6, 6.07) is 21.4. The van der Waals surface area contributed by atoms with Crippen LogP contribution < -0.4 is 4.74 Å². The van der Waals surface area contributed by atoms with Crippen molar-refractivity contribution in [1.29, 1.82) is 0 Å². The largest absolute Gasteiger partial charge is 0.497 e. The number of fused-ring (bicyclic) bond motifs is 3. The summed E-state index contributed by atoms with van der Waals surface area (Å²) in [6.45, 7) is 0.643. The third-order valence-corrected chi connectivity index (χ3v) is 4.50. The molecule has 0 saturated carbocycles. The lowest BCUT2D eigenvalue weighted by Gasteiger charge is -2.09. The quantitative estimate of drug-likeness (QED) is 0.597. The SMILES string of the molecule is COc1cccc(Cn2c3ccccc3c3ccc(C(=O)O)cc32)c1. The van der Waals surface area contributed by atoms with Crippen molar-refractivity contribution >= 4 is 27.8 Å². The van der Waals surface area contributed by atoms with Crippen molar-refractivity contribution in [2.45, 2.75) is 6.54 Å². The molecule has 0 atom stereocenters. The van der Waals surface area contributed by atoms with Crippen LogP contribution in [0.5, 0.6) is 5.75 Å². The Balaban J connectivity index is 1.95. The molecule has 0 spiro atoms. The molecule has 0 fully saturated rings. The van der Waals surface area contributed by atoms with Crippen LogP contribution in [0, 0.1) is 0 Å². The lowest BCUT2D eigenvalue weighted by molar-refractivity contribution is 0.0697. The number of methoxy groups -OCH3 is 1. The van der Waals surface area contributed by atoms with Crippen LogP contribution >= 0.6 is 0 Å². The highest BCUT2D eigenvalue weighted by atomic mass is 16.5. The zero-order valence-electron chi connectivity index (χ0n) is 13.8. The molecule has 4 nitrogen and oxygen atoms in total. The van der Waals surface area contributed by atoms with Crippen molar-refractivity contribution in [1.82, 2.24) is 4.57 Å². The van der Waals surface area contributed by atoms with Crippen molar-refractivity contribution in [3.8, 4) is 5.75 Å². The minimum atomic E-state index is -0.917. The smallest absolute Gasteiger partial charge is 0.335 e. The van der Waals surface area contributed by atoms with Crippen molar-refractivity contribution < 1.29 is 14.6 Å². The fraction of sp³-hybridized carbons (Fsp3) is 0.0952. The molecule has 4 rings (SSSR count). The van der Waals surface area contributed by atoms with E-state index in [1.165, 1.54) is 0 Å². The van der Waals surface area contributed by atoms with Crippen LogP contribution in [-0.4, -0.2) is 22.8 Å². The Bertz CT molecular complexity index is 1090. The molecule has 0 aliphatic heterocycles. The molecule has 3 aromatic carbocycles. The molecule has 4 aromatic rings. The minimum Gasteiger partial charge on any atom is -0.497 e. The standard InChI is InChI=1S/C21H17NO3/c1-25-16-6-4-5-14(11-16)13-22-19-8-3-2-7-17(19)18-10-9-15(21(23)24)12-20(18)22/h2-12H,13H2,1H3,(H,23,24). The van der Waals surface area contributed by atoms with Gasteiger partial charge in [-0.1, -0.05) is 36.4 Å². The van der Waals surface area contributed by atoms with Crippen LogP contribution in [-0.2, 0) is 6.54 Å². The van der Waals surface area contributed by atoms with Gasteiger partial charge in [0.25, 0.3) is 0 Å². The Morgan fingerprint density at radius 1 is 0.960 bits per heavy atom. The molecule has 0 bridgehead atoms. The van der Waals surface area contributed by atoms with E-state index in [1.807, 2.05) is 42.5 Å². The first kappa shape index (κ1) is 15.3. The van der Waals surface area contributed by atoms with E-state index in [4.69, 9.17) is 4.74 Å². The predicted octanol–water partition coefficient (Wildman–Crippen LogP) is 4.55. The highest BCUT2D eigenvalue weighted by Crippen LogP contribution is 2.30. The van der Waals surface area contributed by atoms with Gasteiger partial charge < -0.3 is 14.4 Å². The average Bonchev–Trinajstić information content (AvgIpc) is 2.95. The van der Waals surface area contributed by atoms with Gasteiger partial charge in [-0.05, 0) is 35.9 Å². The van der Waals surface area contributed by atoms with E-state index < -0.39 is 5.97 Å². The molecule has 4 heteroatoms. The summed E-state index contributed by atoms with van der Waals surface area (Å²) >= 11 is 0. The topological polar surface area (TPSA) is 51.5 Å². The van der Waals surface area contributed by atoms with E-state index in [9.17, 15) is 9.90 Å². The highest BCUT2D eigenvalue weighted by Gasteiger charge is 2.13. The zero-order valence-corrected chi connectivity index (χ0v) is 13.8. The van der Waals surface area contributed by atoms with E-state index in [1.54, 1.807) is 19.2 Å². The van der Waals surface area contributed by atoms with Crippen molar-refractivity contribution in [3.63, 3.8) is 0 Å². The maximum absolute atomic E-state index is 11.4. The molecule has 0 saturated heterocycles. The number of hydrogen-bond donors (Lipinski definition) is 1. The summed E-state index contributed by atoms with van der Waals surface area (Å²) in [5.41, 5.74) is 3.40. The molecule has 1 N–H and O–H groups in total. The van der Waals surface area contributed by atoms with Crippen LogP contribution in [0.3, 0.4) is 0 Å². The molecule has 0 amide bonds. The fourth-order valence-electron chi connectivity index (χ4n) is 3.31. The second-order valence-electron chi connectivity index (χ2n) is 5.99. The van der Waals surface area contributed by atoms with Gasteiger partial charge in [0.1, 0.15) is 5.75 Å². The number of ether oxygens (including phenoxy) is 1. The third kappa shape index (κ3) is 2.62. The van der Waals surface area contributed by atoms with Gasteiger partial charge in [0, 0.05) is 22.8 Å². The Morgan fingerprint density at radius 3 is 2.56 bits per heavy atom. The molecule has 0 radical (unpaired) electrons. The minimum absolute atomic E-state index is 0.294. The number of aromatic nitrogens is 1. The van der Waals surface area contributed by atoms with Gasteiger partial charge in [0.05, 0.1) is 18.2 Å². The molecule has 1 heterocycles. The number of rotatable bonds is 4. The van der Waals surface area contributed by atoms with Gasteiger partial charge in [0.2, 0.25) is 0 Å². The number of para-hydroxylation sites is 1. The van der Waals surface area contributed by atoms with E-state index in [0.29, 0.717) is 12.1 Å². The Labute approximate surface area is 144 Å². The van der Waals surface area contributed by atoms with E-state index >= 15 is 0 Å². The van der Waals surface area contributed by atoms with Gasteiger partial charge in [-0.25, -0.2) is 4.79 Å². The maximum atomic E-state index is 11.4. The lowest BCUT2D eigenvalue weighted by atomic mass is 10.1. The third-order valence-electron chi connectivity index (χ3n) is 4.50. The molecule has 0 unspecified atom stereocenters. The van der Waals surface area contributed by atoms with E-state index in [0.717, 1.165) is 33.1 Å². The predicted molar refractivity (Wildman–Crippen MR) is 98.5 cm³/mol. The number of carboxylic acids is 1. The average molecular weight is 331 g/mol. The number of benzene rings is 3. The lowest BCUT2D eigenvalue weighted by Crippen LogP contribution is -2.01. The van der Waals surface area contributed by atoms with Crippen molar-refractivity contribution in [2.24, 2.45) is 0 Å². The number of nitrogens with zero attached hydrogens (tertiary/aromatic N) is 1. The Morgan fingerprint density at radius 2 is 1.76 bits per heavy atom. The summed E-state index contributed by atoms with van der Waals surface area (Å²) in [4.78, 5) is 11.4. The number of hydrogen-bond acceptors (Lipinski definition) is 2. The van der Waals surface area contributed by atoms with E-state index in [-0.39, 0.29) is 0 Å². The fourth-order valence-corrected chi connectivity index (χ4v) is 3.31. The molecular formula is C21H17NO3. The Kier molecular flexibility index (Phi) is 3.65. The maximum Gasteiger partial charge on any atom is 0.335 e. The normalized spacial score (nSPS) is 11.1. The van der Waals surface area contributed by atoms with Crippen molar-refractivity contribution in [2.75, 3.05) is 7.11 Å². The summed E-state index contributed by atoms with van der Waals surface area (Å²) in [5, 5.41) is 11.5. The molecule has 0 aliphatic carbocycles. The van der Waals surface area contributed by atoms with Crippen molar-refractivity contribution in [3.05, 3.63) is 77.9 Å². The Hall–Kier alpha value is -3.27. The van der Waals surface area contributed by atoms with Gasteiger partial charge in [-0.15, -0.1) is 0 Å². The first-order valence-corrected chi connectivity index (χ1v) is 8.04. The second kappa shape index (κ2) is 5.98. The molecule has 124 valence electrons.